The van der Waals surface area contributed by atoms with Crippen molar-refractivity contribution in [3.63, 3.8) is 0 Å². The zero-order valence-electron chi connectivity index (χ0n) is 19.6. The lowest BCUT2D eigenvalue weighted by atomic mass is 9.98. The van der Waals surface area contributed by atoms with Crippen molar-refractivity contribution in [2.24, 2.45) is 5.92 Å². The van der Waals surface area contributed by atoms with Crippen LogP contribution in [0.5, 0.6) is 5.75 Å². The van der Waals surface area contributed by atoms with Crippen LogP contribution in [0.3, 0.4) is 0 Å². The summed E-state index contributed by atoms with van der Waals surface area (Å²) in [5.74, 6) is 1.04. The molecule has 0 aliphatic heterocycles. The Kier molecular flexibility index (Phi) is 10.3. The van der Waals surface area contributed by atoms with Crippen molar-refractivity contribution in [3.05, 3.63) is 41.5 Å². The Labute approximate surface area is 178 Å². The van der Waals surface area contributed by atoms with E-state index in [2.05, 4.69) is 53.8 Å². The average Bonchev–Trinajstić information content (AvgIpc) is 2.66. The number of aldehydes is 1. The van der Waals surface area contributed by atoms with Crippen LogP contribution in [0.1, 0.15) is 53.0 Å². The van der Waals surface area contributed by atoms with Crippen molar-refractivity contribution in [3.8, 4) is 5.75 Å². The molecule has 164 valence electrons. The molecule has 29 heavy (non-hydrogen) atoms. The van der Waals surface area contributed by atoms with Crippen LogP contribution in [-0.4, -0.2) is 34.4 Å². The normalized spacial score (nSPS) is 15.1. The number of carbonyl (C=O) groups excluding carboxylic acids is 1. The molecule has 0 unspecified atom stereocenters. The Morgan fingerprint density at radius 1 is 1.17 bits per heavy atom. The summed E-state index contributed by atoms with van der Waals surface area (Å²) in [6, 6.07) is 7.89. The summed E-state index contributed by atoms with van der Waals surface area (Å²) in [6.45, 7) is 16.7. The highest BCUT2D eigenvalue weighted by Gasteiger charge is 2.37. The fraction of sp³-hybridized carbons (Fsp3) is 0.625. The van der Waals surface area contributed by atoms with Gasteiger partial charge in [-0.2, -0.15) is 0 Å². The van der Waals surface area contributed by atoms with E-state index in [1.165, 1.54) is 5.57 Å². The summed E-state index contributed by atoms with van der Waals surface area (Å²) in [5, 5.41) is 0.201. The molecule has 1 aromatic rings. The van der Waals surface area contributed by atoms with Gasteiger partial charge in [0.05, 0.1) is 26.4 Å². The Bertz CT molecular complexity index is 644. The molecule has 0 aromatic heterocycles. The highest BCUT2D eigenvalue weighted by molar-refractivity contribution is 6.74. The standard InChI is InChI=1S/C24H40O4Si/c1-19(17-28-29(7,8)24(3,4)5)16-20(2)23(10-9-15-25)27-18-21-11-13-22(26-6)14-12-21/h11-16,20,23H,9-10,17-18H2,1-8H3/b19-16+/t20-,23+/m1/s1. The minimum Gasteiger partial charge on any atom is -0.497 e. The van der Waals surface area contributed by atoms with Gasteiger partial charge in [-0.15, -0.1) is 0 Å². The predicted molar refractivity (Wildman–Crippen MR) is 123 cm³/mol. The first-order chi connectivity index (χ1) is 13.5. The maximum Gasteiger partial charge on any atom is 0.192 e. The zero-order valence-corrected chi connectivity index (χ0v) is 20.6. The SMILES string of the molecule is COc1ccc(CO[C@@H](CCC=O)[C@H](C)/C=C(\C)CO[Si](C)(C)C(C)(C)C)cc1. The van der Waals surface area contributed by atoms with Gasteiger partial charge in [-0.05, 0) is 49.2 Å². The van der Waals surface area contributed by atoms with Crippen LogP contribution in [-0.2, 0) is 20.6 Å². The zero-order chi connectivity index (χ0) is 22.1. The molecule has 5 heteroatoms. The molecule has 0 radical (unpaired) electrons. The summed E-state index contributed by atoms with van der Waals surface area (Å²) in [4.78, 5) is 10.9. The van der Waals surface area contributed by atoms with Crippen molar-refractivity contribution < 1.29 is 18.7 Å². The van der Waals surface area contributed by atoms with Gasteiger partial charge >= 0.3 is 0 Å². The summed E-state index contributed by atoms with van der Waals surface area (Å²) in [7, 11) is -0.104. The van der Waals surface area contributed by atoms with Crippen LogP contribution in [0.2, 0.25) is 18.1 Å². The van der Waals surface area contributed by atoms with Gasteiger partial charge in [-0.3, -0.25) is 0 Å². The molecule has 0 amide bonds. The summed E-state index contributed by atoms with van der Waals surface area (Å²) < 4.78 is 17.7. The van der Waals surface area contributed by atoms with Gasteiger partial charge in [0, 0.05) is 12.3 Å². The first-order valence-corrected chi connectivity index (χ1v) is 13.4. The lowest BCUT2D eigenvalue weighted by Gasteiger charge is -2.36. The van der Waals surface area contributed by atoms with E-state index >= 15 is 0 Å². The highest BCUT2D eigenvalue weighted by atomic mass is 28.4. The van der Waals surface area contributed by atoms with Gasteiger partial charge in [0.2, 0.25) is 0 Å². The molecule has 0 aliphatic rings. The number of benzene rings is 1. The van der Waals surface area contributed by atoms with Gasteiger partial charge in [-0.1, -0.05) is 51.5 Å². The van der Waals surface area contributed by atoms with Crippen LogP contribution in [0.25, 0.3) is 0 Å². The molecule has 1 aromatic carbocycles. The summed E-state index contributed by atoms with van der Waals surface area (Å²) in [5.41, 5.74) is 2.31. The highest BCUT2D eigenvalue weighted by Crippen LogP contribution is 2.36. The number of rotatable bonds is 12. The van der Waals surface area contributed by atoms with E-state index < -0.39 is 8.32 Å². The Morgan fingerprint density at radius 2 is 1.79 bits per heavy atom. The Hall–Kier alpha value is -1.43. The molecule has 0 bridgehead atoms. The largest absolute Gasteiger partial charge is 0.497 e. The van der Waals surface area contributed by atoms with E-state index in [1.54, 1.807) is 7.11 Å². The number of methoxy groups -OCH3 is 1. The van der Waals surface area contributed by atoms with Crippen molar-refractivity contribution in [2.45, 2.75) is 78.3 Å². The van der Waals surface area contributed by atoms with E-state index in [-0.39, 0.29) is 17.1 Å². The van der Waals surface area contributed by atoms with Crippen LogP contribution in [0.4, 0.5) is 0 Å². The molecule has 2 atom stereocenters. The van der Waals surface area contributed by atoms with Crippen molar-refractivity contribution in [1.29, 1.82) is 0 Å². The van der Waals surface area contributed by atoms with Crippen molar-refractivity contribution in [2.75, 3.05) is 13.7 Å². The topological polar surface area (TPSA) is 44.8 Å². The van der Waals surface area contributed by atoms with Crippen LogP contribution in [0, 0.1) is 5.92 Å². The van der Waals surface area contributed by atoms with E-state index in [9.17, 15) is 4.79 Å². The summed E-state index contributed by atoms with van der Waals surface area (Å²) in [6.07, 6.45) is 4.41. The third-order valence-electron chi connectivity index (χ3n) is 5.79. The first-order valence-electron chi connectivity index (χ1n) is 10.5. The van der Waals surface area contributed by atoms with Gasteiger partial charge in [0.1, 0.15) is 12.0 Å². The number of ether oxygens (including phenoxy) is 2. The second kappa shape index (κ2) is 11.7. The Morgan fingerprint density at radius 3 is 2.31 bits per heavy atom. The van der Waals surface area contributed by atoms with Crippen LogP contribution >= 0.6 is 0 Å². The Balaban J connectivity index is 2.71. The summed E-state index contributed by atoms with van der Waals surface area (Å²) >= 11 is 0. The molecule has 0 fully saturated rings. The molecular weight excluding hydrogens is 380 g/mol. The van der Waals surface area contributed by atoms with E-state index in [1.807, 2.05) is 24.3 Å². The van der Waals surface area contributed by atoms with Crippen LogP contribution in [0.15, 0.2) is 35.9 Å². The predicted octanol–water partition coefficient (Wildman–Crippen LogP) is 6.16. The maximum absolute atomic E-state index is 10.9. The minimum absolute atomic E-state index is 0.00915. The second-order valence-corrected chi connectivity index (χ2v) is 14.2. The molecule has 4 nitrogen and oxygen atoms in total. The van der Waals surface area contributed by atoms with E-state index in [4.69, 9.17) is 13.9 Å². The molecule has 0 saturated carbocycles. The molecule has 0 N–H and O–H groups in total. The monoisotopic (exact) mass is 420 g/mol. The fourth-order valence-electron chi connectivity index (χ4n) is 2.77. The molecule has 0 spiro atoms. The van der Waals surface area contributed by atoms with E-state index in [0.29, 0.717) is 26.1 Å². The third-order valence-corrected chi connectivity index (χ3v) is 10.3. The molecule has 0 heterocycles. The van der Waals surface area contributed by atoms with Gasteiger partial charge in [-0.25, -0.2) is 0 Å². The van der Waals surface area contributed by atoms with Gasteiger partial charge < -0.3 is 18.7 Å². The molecule has 1 rings (SSSR count). The van der Waals surface area contributed by atoms with Crippen LogP contribution < -0.4 is 4.74 Å². The average molecular weight is 421 g/mol. The molecule has 0 saturated heterocycles. The van der Waals surface area contributed by atoms with Crippen molar-refractivity contribution >= 4 is 14.6 Å². The number of carbonyl (C=O) groups is 1. The smallest absolute Gasteiger partial charge is 0.192 e. The van der Waals surface area contributed by atoms with Crippen molar-refractivity contribution in [1.82, 2.24) is 0 Å². The fourth-order valence-corrected chi connectivity index (χ4v) is 3.79. The lowest BCUT2D eigenvalue weighted by Crippen LogP contribution is -2.41. The molecule has 0 aliphatic carbocycles. The lowest BCUT2D eigenvalue weighted by molar-refractivity contribution is -0.108. The quantitative estimate of drug-likeness (QED) is 0.231. The van der Waals surface area contributed by atoms with Gasteiger partial charge in [0.15, 0.2) is 8.32 Å². The molecular formula is C24H40O4Si. The number of hydrogen-bond acceptors (Lipinski definition) is 4. The third kappa shape index (κ3) is 8.85. The number of hydrogen-bond donors (Lipinski definition) is 0. The second-order valence-electron chi connectivity index (χ2n) is 9.36. The van der Waals surface area contributed by atoms with E-state index in [0.717, 1.165) is 17.6 Å². The minimum atomic E-state index is -1.76. The maximum atomic E-state index is 10.9. The first kappa shape index (κ1) is 25.6. The van der Waals surface area contributed by atoms with Gasteiger partial charge in [0.25, 0.3) is 0 Å².